The third-order valence-electron chi connectivity index (χ3n) is 5.43. The number of nitrogens with two attached hydrogens (primary N) is 1. The van der Waals surface area contributed by atoms with Gasteiger partial charge in [-0.25, -0.2) is 13.6 Å². The summed E-state index contributed by atoms with van der Waals surface area (Å²) in [6.45, 7) is 0. The first-order valence-corrected chi connectivity index (χ1v) is 10.2. The van der Waals surface area contributed by atoms with E-state index in [-0.39, 0.29) is 10.8 Å². The molecule has 0 spiro atoms. The smallest absolute Gasteiger partial charge is 0.238 e. The minimum atomic E-state index is -3.68. The van der Waals surface area contributed by atoms with Crippen LogP contribution in [0.1, 0.15) is 66.7 Å². The van der Waals surface area contributed by atoms with E-state index in [2.05, 4.69) is 17.1 Å². The molecule has 2 fully saturated rings. The number of primary sulfonamides is 1. The van der Waals surface area contributed by atoms with Gasteiger partial charge in [0.25, 0.3) is 0 Å². The zero-order chi connectivity index (χ0) is 16.7. The molecule has 24 heavy (non-hydrogen) atoms. The van der Waals surface area contributed by atoms with Gasteiger partial charge in [0, 0.05) is 17.8 Å². The molecule has 5 heteroatoms. The molecule has 1 aromatic carbocycles. The largest absolute Gasteiger partial charge is 0.261 e. The predicted molar refractivity (Wildman–Crippen MR) is 93.4 cm³/mol. The summed E-state index contributed by atoms with van der Waals surface area (Å²) in [6, 6.07) is 11.4. The second-order valence-electron chi connectivity index (χ2n) is 7.03. The van der Waals surface area contributed by atoms with E-state index in [9.17, 15) is 8.42 Å². The average molecular weight is 342 g/mol. The quantitative estimate of drug-likeness (QED) is 0.921. The zero-order valence-electron chi connectivity index (χ0n) is 13.6. The summed E-state index contributed by atoms with van der Waals surface area (Å²) >= 11 is 0. The SMILES string of the molecule is NS(=O)(=O)c1ccccc1C1CC1c1ccc(C2CCCC2)cn1. The number of pyridine rings is 1. The van der Waals surface area contributed by atoms with Gasteiger partial charge in [-0.05, 0) is 54.4 Å². The second-order valence-corrected chi connectivity index (χ2v) is 8.56. The molecule has 2 saturated carbocycles. The van der Waals surface area contributed by atoms with Gasteiger partial charge in [-0.2, -0.15) is 0 Å². The Hall–Kier alpha value is -1.72. The van der Waals surface area contributed by atoms with Gasteiger partial charge in [-0.1, -0.05) is 37.1 Å². The summed E-state index contributed by atoms with van der Waals surface area (Å²) < 4.78 is 23.6. The summed E-state index contributed by atoms with van der Waals surface area (Å²) in [5, 5.41) is 5.35. The van der Waals surface area contributed by atoms with Crippen molar-refractivity contribution < 1.29 is 8.42 Å². The molecule has 2 aliphatic carbocycles. The Bertz CT molecular complexity index is 840. The average Bonchev–Trinajstić information content (AvgIpc) is 3.19. The summed E-state index contributed by atoms with van der Waals surface area (Å²) in [4.78, 5) is 4.92. The van der Waals surface area contributed by atoms with Gasteiger partial charge in [0.1, 0.15) is 0 Å². The van der Waals surface area contributed by atoms with Crippen LogP contribution in [0.15, 0.2) is 47.5 Å². The van der Waals surface area contributed by atoms with E-state index < -0.39 is 10.0 Å². The lowest BCUT2D eigenvalue weighted by atomic mass is 9.99. The second kappa shape index (κ2) is 5.97. The van der Waals surface area contributed by atoms with E-state index >= 15 is 0 Å². The molecule has 2 atom stereocenters. The van der Waals surface area contributed by atoms with Crippen LogP contribution in [0, 0.1) is 0 Å². The van der Waals surface area contributed by atoms with Gasteiger partial charge >= 0.3 is 0 Å². The highest BCUT2D eigenvalue weighted by atomic mass is 32.2. The Balaban J connectivity index is 1.55. The van der Waals surface area contributed by atoms with E-state index in [4.69, 9.17) is 5.14 Å². The number of rotatable bonds is 4. The van der Waals surface area contributed by atoms with Crippen molar-refractivity contribution in [3.8, 4) is 0 Å². The normalized spacial score (nSPS) is 24.2. The first-order valence-electron chi connectivity index (χ1n) is 8.61. The van der Waals surface area contributed by atoms with Crippen LogP contribution >= 0.6 is 0 Å². The summed E-state index contributed by atoms with van der Waals surface area (Å²) in [7, 11) is -3.68. The number of hydrogen-bond acceptors (Lipinski definition) is 3. The van der Waals surface area contributed by atoms with E-state index in [1.54, 1.807) is 12.1 Å². The number of sulfonamides is 1. The molecule has 126 valence electrons. The maximum absolute atomic E-state index is 11.8. The van der Waals surface area contributed by atoms with Crippen molar-refractivity contribution in [2.45, 2.75) is 54.8 Å². The van der Waals surface area contributed by atoms with Gasteiger partial charge < -0.3 is 0 Å². The Morgan fingerprint density at radius 2 is 1.75 bits per heavy atom. The van der Waals surface area contributed by atoms with E-state index in [0.717, 1.165) is 17.7 Å². The third kappa shape index (κ3) is 2.98. The van der Waals surface area contributed by atoms with Crippen LogP contribution in [0.2, 0.25) is 0 Å². The number of aromatic nitrogens is 1. The molecule has 0 aliphatic heterocycles. The molecule has 2 aliphatic rings. The summed E-state index contributed by atoms with van der Waals surface area (Å²) in [6.07, 6.45) is 8.14. The molecule has 2 aromatic rings. The maximum Gasteiger partial charge on any atom is 0.238 e. The van der Waals surface area contributed by atoms with Crippen LogP contribution < -0.4 is 5.14 Å². The Morgan fingerprint density at radius 1 is 1.00 bits per heavy atom. The standard InChI is InChI=1S/C19H22N2O2S/c20-24(22,23)19-8-4-3-7-15(19)16-11-17(16)18-10-9-14(12-21-18)13-5-1-2-6-13/h3-4,7-10,12-13,16-17H,1-2,5-6,11H2,(H2,20,22,23). The van der Waals surface area contributed by atoms with Crippen LogP contribution in [0.4, 0.5) is 0 Å². The first-order chi connectivity index (χ1) is 11.5. The lowest BCUT2D eigenvalue weighted by Crippen LogP contribution is -2.14. The topological polar surface area (TPSA) is 73.1 Å². The fourth-order valence-corrected chi connectivity index (χ4v) is 4.86. The fourth-order valence-electron chi connectivity index (χ4n) is 4.05. The van der Waals surface area contributed by atoms with Crippen molar-refractivity contribution in [2.75, 3.05) is 0 Å². The van der Waals surface area contributed by atoms with Crippen LogP contribution in [0.3, 0.4) is 0 Å². The number of nitrogens with zero attached hydrogens (tertiary/aromatic N) is 1. The number of hydrogen-bond donors (Lipinski definition) is 1. The van der Waals surface area contributed by atoms with Crippen molar-refractivity contribution in [1.29, 1.82) is 0 Å². The highest BCUT2D eigenvalue weighted by molar-refractivity contribution is 7.89. The highest BCUT2D eigenvalue weighted by Crippen LogP contribution is 2.55. The number of benzene rings is 1. The zero-order valence-corrected chi connectivity index (χ0v) is 14.4. The van der Waals surface area contributed by atoms with Crippen LogP contribution in [-0.4, -0.2) is 13.4 Å². The van der Waals surface area contributed by atoms with Gasteiger partial charge in [-0.15, -0.1) is 0 Å². The van der Waals surface area contributed by atoms with Crippen LogP contribution in [0.5, 0.6) is 0 Å². The molecule has 2 unspecified atom stereocenters. The lowest BCUT2D eigenvalue weighted by molar-refractivity contribution is 0.596. The predicted octanol–water partition coefficient (Wildman–Crippen LogP) is 3.66. The van der Waals surface area contributed by atoms with E-state index in [1.807, 2.05) is 18.3 Å². The van der Waals surface area contributed by atoms with Crippen molar-refractivity contribution >= 4 is 10.0 Å². The van der Waals surface area contributed by atoms with Crippen LogP contribution in [0.25, 0.3) is 0 Å². The Morgan fingerprint density at radius 3 is 2.42 bits per heavy atom. The lowest BCUT2D eigenvalue weighted by Gasteiger charge is -2.10. The molecular weight excluding hydrogens is 320 g/mol. The molecule has 0 bridgehead atoms. The highest BCUT2D eigenvalue weighted by Gasteiger charge is 2.42. The molecule has 0 amide bonds. The molecule has 1 aromatic heterocycles. The van der Waals surface area contributed by atoms with E-state index in [1.165, 1.54) is 31.2 Å². The Labute approximate surface area is 143 Å². The van der Waals surface area contributed by atoms with E-state index in [0.29, 0.717) is 11.8 Å². The fraction of sp³-hybridized carbons (Fsp3) is 0.421. The minimum absolute atomic E-state index is 0.198. The van der Waals surface area contributed by atoms with Gasteiger partial charge in [0.2, 0.25) is 10.0 Å². The molecule has 0 saturated heterocycles. The van der Waals surface area contributed by atoms with Gasteiger partial charge in [0.05, 0.1) is 4.90 Å². The molecule has 0 radical (unpaired) electrons. The molecule has 4 rings (SSSR count). The van der Waals surface area contributed by atoms with Crippen molar-refractivity contribution in [2.24, 2.45) is 5.14 Å². The minimum Gasteiger partial charge on any atom is -0.261 e. The molecular formula is C19H22N2O2S. The summed E-state index contributed by atoms with van der Waals surface area (Å²) in [5.74, 6) is 1.17. The molecule has 4 nitrogen and oxygen atoms in total. The molecule has 1 heterocycles. The Kier molecular flexibility index (Phi) is 3.93. The van der Waals surface area contributed by atoms with Crippen molar-refractivity contribution in [3.63, 3.8) is 0 Å². The first kappa shape index (κ1) is 15.8. The monoisotopic (exact) mass is 342 g/mol. The van der Waals surface area contributed by atoms with Crippen molar-refractivity contribution in [1.82, 2.24) is 4.98 Å². The molecule has 2 N–H and O–H groups in total. The van der Waals surface area contributed by atoms with Gasteiger partial charge in [0.15, 0.2) is 0 Å². The summed E-state index contributed by atoms with van der Waals surface area (Å²) in [5.41, 5.74) is 3.23. The third-order valence-corrected chi connectivity index (χ3v) is 6.42. The maximum atomic E-state index is 11.8. The van der Waals surface area contributed by atoms with Crippen LogP contribution in [-0.2, 0) is 10.0 Å². The van der Waals surface area contributed by atoms with Gasteiger partial charge in [-0.3, -0.25) is 4.98 Å². The van der Waals surface area contributed by atoms with Crippen molar-refractivity contribution in [3.05, 3.63) is 59.4 Å².